The van der Waals surface area contributed by atoms with Gasteiger partial charge in [0.15, 0.2) is 0 Å². The number of carbonyl (C=O) groups excluding carboxylic acids is 1. The minimum Gasteiger partial charge on any atom is -0.342 e. The highest BCUT2D eigenvalue weighted by atomic mass is 16.5. The molecule has 5 heteroatoms. The van der Waals surface area contributed by atoms with Crippen LogP contribution in [-0.2, 0) is 4.79 Å². The van der Waals surface area contributed by atoms with Crippen LogP contribution in [0.2, 0.25) is 0 Å². The van der Waals surface area contributed by atoms with Gasteiger partial charge >= 0.3 is 0 Å². The van der Waals surface area contributed by atoms with Crippen molar-refractivity contribution in [3.05, 3.63) is 36.2 Å². The van der Waals surface area contributed by atoms with Crippen molar-refractivity contribution < 1.29 is 9.32 Å². The van der Waals surface area contributed by atoms with E-state index in [0.717, 1.165) is 12.1 Å². The van der Waals surface area contributed by atoms with Gasteiger partial charge in [-0.2, -0.15) is 4.98 Å². The first-order chi connectivity index (χ1) is 11.0. The van der Waals surface area contributed by atoms with E-state index in [4.69, 9.17) is 4.52 Å². The topological polar surface area (TPSA) is 59.2 Å². The predicted molar refractivity (Wildman–Crippen MR) is 87.7 cm³/mol. The maximum atomic E-state index is 12.3. The second-order valence-electron chi connectivity index (χ2n) is 6.80. The van der Waals surface area contributed by atoms with Crippen LogP contribution in [0.15, 0.2) is 34.9 Å². The van der Waals surface area contributed by atoms with Gasteiger partial charge in [-0.15, -0.1) is 0 Å². The zero-order chi connectivity index (χ0) is 16.4. The highest BCUT2D eigenvalue weighted by Gasteiger charge is 2.36. The summed E-state index contributed by atoms with van der Waals surface area (Å²) in [6.45, 7) is 7.71. The van der Waals surface area contributed by atoms with Crippen LogP contribution in [0.4, 0.5) is 0 Å². The fourth-order valence-corrected chi connectivity index (χ4v) is 3.06. The highest BCUT2D eigenvalue weighted by molar-refractivity contribution is 5.76. The average molecular weight is 313 g/mol. The number of carbonyl (C=O) groups is 1. The average Bonchev–Trinajstić information content (AvgIpc) is 3.14. The Morgan fingerprint density at radius 1 is 1.30 bits per heavy atom. The van der Waals surface area contributed by atoms with Crippen molar-refractivity contribution >= 4 is 5.91 Å². The van der Waals surface area contributed by atoms with Crippen molar-refractivity contribution in [2.24, 2.45) is 11.8 Å². The lowest BCUT2D eigenvalue weighted by Gasteiger charge is -2.17. The molecule has 1 aliphatic heterocycles. The first kappa shape index (κ1) is 15.7. The molecule has 0 saturated carbocycles. The molecule has 2 atom stereocenters. The normalized spacial score (nSPS) is 21.1. The van der Waals surface area contributed by atoms with E-state index < -0.39 is 0 Å². The number of likely N-dealkylation sites (tertiary alicyclic amines) is 1. The van der Waals surface area contributed by atoms with Crippen molar-refractivity contribution in [3.8, 4) is 11.4 Å². The zero-order valence-corrected chi connectivity index (χ0v) is 13.9. The Kier molecular flexibility index (Phi) is 4.46. The molecule has 122 valence electrons. The number of rotatable bonds is 4. The molecule has 1 fully saturated rings. The van der Waals surface area contributed by atoms with Gasteiger partial charge in [0.25, 0.3) is 0 Å². The molecule has 1 aromatic carbocycles. The molecule has 0 N–H and O–H groups in total. The molecule has 1 aliphatic rings. The molecule has 2 aromatic rings. The van der Waals surface area contributed by atoms with Crippen LogP contribution in [0.1, 0.15) is 39.0 Å². The smallest absolute Gasteiger partial charge is 0.232 e. The molecular formula is C18H23N3O2. The summed E-state index contributed by atoms with van der Waals surface area (Å²) >= 11 is 0. The van der Waals surface area contributed by atoms with E-state index >= 15 is 0 Å². The van der Waals surface area contributed by atoms with Gasteiger partial charge in [-0.25, -0.2) is 0 Å². The third kappa shape index (κ3) is 3.44. The van der Waals surface area contributed by atoms with E-state index in [-0.39, 0.29) is 11.8 Å². The van der Waals surface area contributed by atoms with Crippen LogP contribution in [0.5, 0.6) is 0 Å². The molecule has 0 aliphatic carbocycles. The van der Waals surface area contributed by atoms with E-state index in [1.54, 1.807) is 0 Å². The molecule has 2 heterocycles. The summed E-state index contributed by atoms with van der Waals surface area (Å²) < 4.78 is 5.48. The lowest BCUT2D eigenvalue weighted by molar-refractivity contribution is -0.131. The highest BCUT2D eigenvalue weighted by Crippen LogP contribution is 2.33. The molecule has 1 amide bonds. The minimum atomic E-state index is 0.121. The minimum absolute atomic E-state index is 0.121. The maximum absolute atomic E-state index is 12.3. The number of aromatic nitrogens is 2. The molecule has 23 heavy (non-hydrogen) atoms. The van der Waals surface area contributed by atoms with Crippen LogP contribution >= 0.6 is 0 Å². The van der Waals surface area contributed by atoms with Crippen LogP contribution < -0.4 is 0 Å². The molecular weight excluding hydrogens is 290 g/mol. The quantitative estimate of drug-likeness (QED) is 0.868. The van der Waals surface area contributed by atoms with E-state index in [0.29, 0.717) is 36.5 Å². The Balaban J connectivity index is 1.73. The van der Waals surface area contributed by atoms with Gasteiger partial charge < -0.3 is 9.42 Å². The summed E-state index contributed by atoms with van der Waals surface area (Å²) in [5.41, 5.74) is 0.945. The Morgan fingerprint density at radius 2 is 2.04 bits per heavy atom. The van der Waals surface area contributed by atoms with Crippen LogP contribution in [0, 0.1) is 11.8 Å². The largest absolute Gasteiger partial charge is 0.342 e. The Morgan fingerprint density at radius 3 is 2.74 bits per heavy atom. The molecule has 5 nitrogen and oxygen atoms in total. The number of hydrogen-bond donors (Lipinski definition) is 0. The van der Waals surface area contributed by atoms with Crippen LogP contribution in [0.25, 0.3) is 11.4 Å². The molecule has 2 unspecified atom stereocenters. The molecule has 1 saturated heterocycles. The first-order valence-corrected chi connectivity index (χ1v) is 8.21. The second kappa shape index (κ2) is 6.52. The summed E-state index contributed by atoms with van der Waals surface area (Å²) in [5.74, 6) is 2.30. The number of amides is 1. The van der Waals surface area contributed by atoms with E-state index in [9.17, 15) is 4.79 Å². The van der Waals surface area contributed by atoms with Gasteiger partial charge in [-0.3, -0.25) is 4.79 Å². The molecule has 3 rings (SSSR count). The Bertz CT molecular complexity index is 666. The van der Waals surface area contributed by atoms with E-state index in [1.807, 2.05) is 35.2 Å². The lowest BCUT2D eigenvalue weighted by atomic mass is 9.98. The van der Waals surface area contributed by atoms with Crippen molar-refractivity contribution in [3.63, 3.8) is 0 Å². The summed E-state index contributed by atoms with van der Waals surface area (Å²) in [5, 5.41) is 4.09. The molecule has 0 bridgehead atoms. The van der Waals surface area contributed by atoms with Gasteiger partial charge in [0.05, 0.1) is 5.92 Å². The Labute approximate surface area is 136 Å². The van der Waals surface area contributed by atoms with Gasteiger partial charge in [0.1, 0.15) is 0 Å². The van der Waals surface area contributed by atoms with Crippen molar-refractivity contribution in [2.45, 2.75) is 33.1 Å². The summed E-state index contributed by atoms with van der Waals surface area (Å²) in [4.78, 5) is 18.7. The molecule has 0 radical (unpaired) electrons. The number of benzene rings is 1. The number of nitrogens with zero attached hydrogens (tertiary/aromatic N) is 3. The summed E-state index contributed by atoms with van der Waals surface area (Å²) in [6, 6.07) is 9.80. The van der Waals surface area contributed by atoms with Crippen LogP contribution in [-0.4, -0.2) is 34.0 Å². The summed E-state index contributed by atoms with van der Waals surface area (Å²) in [7, 11) is 0. The molecule has 0 spiro atoms. The SMILES string of the molecule is CC(C)CC(=O)N1CC(C)C(c2nc(-c3ccccc3)no2)C1. The zero-order valence-electron chi connectivity index (χ0n) is 13.9. The molecule has 1 aromatic heterocycles. The monoisotopic (exact) mass is 313 g/mol. The summed E-state index contributed by atoms with van der Waals surface area (Å²) in [6.07, 6.45) is 0.596. The van der Waals surface area contributed by atoms with Crippen molar-refractivity contribution in [1.82, 2.24) is 15.0 Å². The fourth-order valence-electron chi connectivity index (χ4n) is 3.06. The third-order valence-electron chi connectivity index (χ3n) is 4.34. The predicted octanol–water partition coefficient (Wildman–Crippen LogP) is 3.34. The maximum Gasteiger partial charge on any atom is 0.232 e. The van der Waals surface area contributed by atoms with E-state index in [2.05, 4.69) is 30.9 Å². The van der Waals surface area contributed by atoms with Crippen LogP contribution in [0.3, 0.4) is 0 Å². The fraction of sp³-hybridized carbons (Fsp3) is 0.500. The second-order valence-corrected chi connectivity index (χ2v) is 6.80. The number of hydrogen-bond acceptors (Lipinski definition) is 4. The Hall–Kier alpha value is -2.17. The van der Waals surface area contributed by atoms with Gasteiger partial charge in [-0.05, 0) is 11.8 Å². The van der Waals surface area contributed by atoms with Crippen molar-refractivity contribution in [2.75, 3.05) is 13.1 Å². The van der Waals surface area contributed by atoms with E-state index in [1.165, 1.54) is 0 Å². The standard InChI is InChI=1S/C18H23N3O2/c1-12(2)9-16(22)21-10-13(3)15(11-21)18-19-17(20-23-18)14-7-5-4-6-8-14/h4-8,12-13,15H,9-11H2,1-3H3. The van der Waals surface area contributed by atoms with Gasteiger partial charge in [0.2, 0.25) is 17.6 Å². The van der Waals surface area contributed by atoms with Gasteiger partial charge in [0, 0.05) is 25.1 Å². The lowest BCUT2D eigenvalue weighted by Crippen LogP contribution is -2.29. The van der Waals surface area contributed by atoms with Gasteiger partial charge in [-0.1, -0.05) is 56.3 Å². The first-order valence-electron chi connectivity index (χ1n) is 8.21. The third-order valence-corrected chi connectivity index (χ3v) is 4.34. The van der Waals surface area contributed by atoms with Crippen molar-refractivity contribution in [1.29, 1.82) is 0 Å².